The number of fused-ring (bicyclic) bond motifs is 2. The van der Waals surface area contributed by atoms with Crippen molar-refractivity contribution < 1.29 is 4.79 Å². The predicted molar refractivity (Wildman–Crippen MR) is 81.1 cm³/mol. The summed E-state index contributed by atoms with van der Waals surface area (Å²) in [5.74, 6) is -0.117. The molecule has 1 amide bonds. The van der Waals surface area contributed by atoms with Crippen molar-refractivity contribution in [2.24, 2.45) is 0 Å². The lowest BCUT2D eigenvalue weighted by atomic mass is 10.1. The number of carbonyl (C=O) groups excluding carboxylic acids is 1. The molecule has 2 N–H and O–H groups in total. The van der Waals surface area contributed by atoms with Crippen molar-refractivity contribution in [1.82, 2.24) is 15.5 Å². The molecule has 1 aliphatic carbocycles. The Kier molecular flexibility index (Phi) is 2.74. The van der Waals surface area contributed by atoms with Crippen molar-refractivity contribution in [3.63, 3.8) is 0 Å². The molecule has 104 valence electrons. The highest BCUT2D eigenvalue weighted by molar-refractivity contribution is 6.04. The molecule has 1 aliphatic rings. The Bertz CT molecular complexity index is 822. The highest BCUT2D eigenvalue weighted by atomic mass is 16.2. The molecule has 0 aliphatic heterocycles. The van der Waals surface area contributed by atoms with Gasteiger partial charge in [0.15, 0.2) is 5.69 Å². The van der Waals surface area contributed by atoms with Gasteiger partial charge in [-0.2, -0.15) is 5.10 Å². The second kappa shape index (κ2) is 4.74. The fourth-order valence-corrected chi connectivity index (χ4v) is 3.07. The molecule has 4 heteroatoms. The number of rotatable bonds is 2. The Morgan fingerprint density at radius 1 is 1.14 bits per heavy atom. The number of carbonyl (C=O) groups is 1. The molecular weight excluding hydrogens is 262 g/mol. The van der Waals surface area contributed by atoms with Gasteiger partial charge in [-0.05, 0) is 30.0 Å². The maximum absolute atomic E-state index is 12.5. The van der Waals surface area contributed by atoms with Crippen LogP contribution < -0.4 is 5.32 Å². The maximum atomic E-state index is 12.5. The number of aromatic nitrogens is 2. The number of benzene rings is 2. The van der Waals surface area contributed by atoms with Crippen LogP contribution in [0.25, 0.3) is 10.9 Å². The van der Waals surface area contributed by atoms with Gasteiger partial charge in [-0.15, -0.1) is 0 Å². The van der Waals surface area contributed by atoms with Crippen LogP contribution in [0.1, 0.15) is 34.1 Å². The van der Waals surface area contributed by atoms with Gasteiger partial charge < -0.3 is 5.32 Å². The molecule has 21 heavy (non-hydrogen) atoms. The largest absolute Gasteiger partial charge is 0.344 e. The first-order valence-corrected chi connectivity index (χ1v) is 7.15. The van der Waals surface area contributed by atoms with Gasteiger partial charge >= 0.3 is 0 Å². The lowest BCUT2D eigenvalue weighted by molar-refractivity contribution is 0.0933. The molecule has 4 rings (SSSR count). The van der Waals surface area contributed by atoms with Crippen LogP contribution >= 0.6 is 0 Å². The molecule has 3 aromatic rings. The third-order valence-electron chi connectivity index (χ3n) is 4.12. The molecule has 1 unspecified atom stereocenters. The lowest BCUT2D eigenvalue weighted by Gasteiger charge is -2.13. The molecule has 0 spiro atoms. The molecule has 0 saturated heterocycles. The predicted octanol–water partition coefficient (Wildman–Crippen LogP) is 2.98. The summed E-state index contributed by atoms with van der Waals surface area (Å²) in [7, 11) is 0. The molecule has 1 heterocycles. The Morgan fingerprint density at radius 3 is 2.90 bits per heavy atom. The first kappa shape index (κ1) is 12.1. The van der Waals surface area contributed by atoms with Gasteiger partial charge in [-0.25, -0.2) is 0 Å². The van der Waals surface area contributed by atoms with Crippen LogP contribution in [0.2, 0.25) is 0 Å². The van der Waals surface area contributed by atoms with Crippen LogP contribution in [0.3, 0.4) is 0 Å². The van der Waals surface area contributed by atoms with Gasteiger partial charge in [0.05, 0.1) is 11.6 Å². The number of hydrogen-bond donors (Lipinski definition) is 2. The van der Waals surface area contributed by atoms with Crippen molar-refractivity contribution in [2.45, 2.75) is 18.9 Å². The molecule has 0 saturated carbocycles. The van der Waals surface area contributed by atoms with Crippen molar-refractivity contribution in [3.05, 3.63) is 65.4 Å². The van der Waals surface area contributed by atoms with Crippen LogP contribution in [0, 0.1) is 0 Å². The minimum Gasteiger partial charge on any atom is -0.344 e. The quantitative estimate of drug-likeness (QED) is 0.756. The van der Waals surface area contributed by atoms with Gasteiger partial charge in [0, 0.05) is 5.39 Å². The fraction of sp³-hybridized carbons (Fsp3) is 0.176. The molecule has 1 atom stereocenters. The summed E-state index contributed by atoms with van der Waals surface area (Å²) in [6.07, 6.45) is 1.97. The average Bonchev–Trinajstić information content (AvgIpc) is 3.12. The van der Waals surface area contributed by atoms with E-state index in [0.29, 0.717) is 5.69 Å². The van der Waals surface area contributed by atoms with E-state index in [1.165, 1.54) is 11.1 Å². The topological polar surface area (TPSA) is 57.8 Å². The van der Waals surface area contributed by atoms with E-state index >= 15 is 0 Å². The number of aryl methyl sites for hydroxylation is 1. The van der Waals surface area contributed by atoms with Gasteiger partial charge in [0.2, 0.25) is 0 Å². The number of aromatic amines is 1. The van der Waals surface area contributed by atoms with Crippen molar-refractivity contribution >= 4 is 16.8 Å². The summed E-state index contributed by atoms with van der Waals surface area (Å²) in [4.78, 5) is 12.5. The third-order valence-corrected chi connectivity index (χ3v) is 4.12. The number of H-pyrrole nitrogens is 1. The molecule has 0 bridgehead atoms. The zero-order valence-electron chi connectivity index (χ0n) is 11.5. The van der Waals surface area contributed by atoms with Crippen molar-refractivity contribution in [2.75, 3.05) is 0 Å². The van der Waals surface area contributed by atoms with E-state index in [2.05, 4.69) is 27.6 Å². The van der Waals surface area contributed by atoms with Gasteiger partial charge in [-0.3, -0.25) is 9.89 Å². The highest BCUT2D eigenvalue weighted by Gasteiger charge is 2.25. The molecule has 0 radical (unpaired) electrons. The molecule has 4 nitrogen and oxygen atoms in total. The van der Waals surface area contributed by atoms with Crippen LogP contribution in [-0.2, 0) is 6.42 Å². The normalized spacial score (nSPS) is 16.9. The second-order valence-corrected chi connectivity index (χ2v) is 5.38. The smallest absolute Gasteiger partial charge is 0.272 e. The fourth-order valence-electron chi connectivity index (χ4n) is 3.07. The monoisotopic (exact) mass is 277 g/mol. The standard InChI is InChI=1S/C17H15N3O/c21-17(16-13-7-3-4-8-15(13)19-20-16)18-14-10-9-11-5-1-2-6-12(11)14/h1-8,14H,9-10H2,(H,18,21)(H,19,20). The van der Waals surface area contributed by atoms with Crippen LogP contribution in [0.4, 0.5) is 0 Å². The number of nitrogens with zero attached hydrogens (tertiary/aromatic N) is 1. The molecule has 0 fully saturated rings. The van der Waals surface area contributed by atoms with Gasteiger partial charge in [0.1, 0.15) is 0 Å². The van der Waals surface area contributed by atoms with E-state index < -0.39 is 0 Å². The summed E-state index contributed by atoms with van der Waals surface area (Å²) in [5.41, 5.74) is 3.91. The van der Waals surface area contributed by atoms with Crippen LogP contribution in [0.15, 0.2) is 48.5 Å². The summed E-state index contributed by atoms with van der Waals surface area (Å²) >= 11 is 0. The van der Waals surface area contributed by atoms with E-state index in [-0.39, 0.29) is 11.9 Å². The summed E-state index contributed by atoms with van der Waals surface area (Å²) < 4.78 is 0. The van der Waals surface area contributed by atoms with E-state index in [4.69, 9.17) is 0 Å². The number of para-hydroxylation sites is 1. The zero-order valence-corrected chi connectivity index (χ0v) is 11.5. The zero-order chi connectivity index (χ0) is 14.2. The average molecular weight is 277 g/mol. The van der Waals surface area contributed by atoms with Gasteiger partial charge in [-0.1, -0.05) is 42.5 Å². The summed E-state index contributed by atoms with van der Waals surface area (Å²) in [6.45, 7) is 0. The van der Waals surface area contributed by atoms with E-state index in [1.807, 2.05) is 36.4 Å². The minimum atomic E-state index is -0.117. The molecule has 2 aromatic carbocycles. The number of amides is 1. The third kappa shape index (κ3) is 2.00. The molecular formula is C17H15N3O. The van der Waals surface area contributed by atoms with E-state index in [9.17, 15) is 4.79 Å². The Hall–Kier alpha value is -2.62. The lowest BCUT2D eigenvalue weighted by Crippen LogP contribution is -2.27. The summed E-state index contributed by atoms with van der Waals surface area (Å²) in [6, 6.07) is 16.1. The maximum Gasteiger partial charge on any atom is 0.272 e. The van der Waals surface area contributed by atoms with Crippen molar-refractivity contribution in [1.29, 1.82) is 0 Å². The van der Waals surface area contributed by atoms with Crippen LogP contribution in [0.5, 0.6) is 0 Å². The first-order chi connectivity index (χ1) is 10.3. The Labute approximate surface area is 122 Å². The van der Waals surface area contributed by atoms with Crippen LogP contribution in [-0.4, -0.2) is 16.1 Å². The minimum absolute atomic E-state index is 0.0872. The Morgan fingerprint density at radius 2 is 1.95 bits per heavy atom. The second-order valence-electron chi connectivity index (χ2n) is 5.38. The van der Waals surface area contributed by atoms with E-state index in [1.54, 1.807) is 0 Å². The first-order valence-electron chi connectivity index (χ1n) is 7.15. The SMILES string of the molecule is O=C(NC1CCc2ccccc21)c1n[nH]c2ccccc12. The highest BCUT2D eigenvalue weighted by Crippen LogP contribution is 2.31. The number of hydrogen-bond acceptors (Lipinski definition) is 2. The van der Waals surface area contributed by atoms with E-state index in [0.717, 1.165) is 23.7 Å². The molecule has 1 aromatic heterocycles. The van der Waals surface area contributed by atoms with Gasteiger partial charge in [0.25, 0.3) is 5.91 Å². The van der Waals surface area contributed by atoms with Crippen molar-refractivity contribution in [3.8, 4) is 0 Å². The number of nitrogens with one attached hydrogen (secondary N) is 2. The summed E-state index contributed by atoms with van der Waals surface area (Å²) in [5, 5.41) is 11.0. The Balaban J connectivity index is 1.62.